The van der Waals surface area contributed by atoms with E-state index in [0.29, 0.717) is 5.92 Å². The molecular formula is C17H26N2O2. The number of aryl methyl sites for hydroxylation is 1. The highest BCUT2D eigenvalue weighted by atomic mass is 16.3. The molecule has 2 amide bonds. The van der Waals surface area contributed by atoms with Gasteiger partial charge in [-0.2, -0.15) is 0 Å². The molecule has 3 unspecified atom stereocenters. The van der Waals surface area contributed by atoms with Crippen LogP contribution < -0.4 is 10.6 Å². The lowest BCUT2D eigenvalue weighted by molar-refractivity contribution is 0.198. The van der Waals surface area contributed by atoms with Crippen molar-refractivity contribution in [2.75, 3.05) is 6.61 Å². The maximum atomic E-state index is 12.2. The van der Waals surface area contributed by atoms with Gasteiger partial charge in [0.2, 0.25) is 0 Å². The van der Waals surface area contributed by atoms with Crippen LogP contribution in [0.3, 0.4) is 0 Å². The molecule has 3 N–H and O–H groups in total. The third kappa shape index (κ3) is 4.46. The van der Waals surface area contributed by atoms with E-state index in [-0.39, 0.29) is 30.6 Å². The van der Waals surface area contributed by atoms with Crippen molar-refractivity contribution in [2.45, 2.75) is 45.7 Å². The Bertz CT molecular complexity index is 468. The second kappa shape index (κ2) is 6.94. The van der Waals surface area contributed by atoms with E-state index in [1.165, 1.54) is 24.0 Å². The molecule has 1 saturated carbocycles. The topological polar surface area (TPSA) is 61.4 Å². The van der Waals surface area contributed by atoms with Gasteiger partial charge in [-0.15, -0.1) is 0 Å². The van der Waals surface area contributed by atoms with Crippen LogP contribution in [0, 0.1) is 18.8 Å². The minimum absolute atomic E-state index is 0.0483. The van der Waals surface area contributed by atoms with Gasteiger partial charge >= 0.3 is 6.03 Å². The van der Waals surface area contributed by atoms with E-state index in [1.54, 1.807) is 0 Å². The predicted octanol–water partition coefficient (Wildman–Crippen LogP) is 2.76. The van der Waals surface area contributed by atoms with Gasteiger partial charge in [0, 0.05) is 12.6 Å². The molecule has 116 valence electrons. The molecule has 1 aliphatic carbocycles. The number of urea groups is 1. The Morgan fingerprint density at radius 1 is 1.24 bits per heavy atom. The molecule has 4 heteroatoms. The van der Waals surface area contributed by atoms with Gasteiger partial charge in [0.15, 0.2) is 0 Å². The molecule has 0 heterocycles. The minimum atomic E-state index is -0.153. The molecule has 2 rings (SSSR count). The number of hydrogen-bond donors (Lipinski definition) is 3. The molecule has 0 aliphatic heterocycles. The normalized spacial score (nSPS) is 18.7. The number of amides is 2. The number of rotatable bonds is 6. The fraction of sp³-hybridized carbons (Fsp3) is 0.588. The summed E-state index contributed by atoms with van der Waals surface area (Å²) < 4.78 is 0. The molecule has 0 radical (unpaired) electrons. The fourth-order valence-corrected chi connectivity index (χ4v) is 2.37. The van der Waals surface area contributed by atoms with Crippen LogP contribution in [-0.2, 0) is 0 Å². The maximum Gasteiger partial charge on any atom is 0.315 e. The van der Waals surface area contributed by atoms with Crippen molar-refractivity contribution in [1.29, 1.82) is 0 Å². The van der Waals surface area contributed by atoms with E-state index < -0.39 is 0 Å². The first-order valence-corrected chi connectivity index (χ1v) is 7.75. The Morgan fingerprint density at radius 3 is 2.38 bits per heavy atom. The Labute approximate surface area is 126 Å². The highest BCUT2D eigenvalue weighted by Crippen LogP contribution is 2.41. The number of nitrogens with one attached hydrogen (secondary N) is 2. The second-order valence-corrected chi connectivity index (χ2v) is 6.29. The van der Waals surface area contributed by atoms with Crippen LogP contribution in [0.2, 0.25) is 0 Å². The number of aliphatic hydroxyl groups excluding tert-OH is 1. The lowest BCUT2D eigenvalue weighted by Gasteiger charge is -2.23. The van der Waals surface area contributed by atoms with E-state index in [1.807, 2.05) is 13.8 Å². The summed E-state index contributed by atoms with van der Waals surface area (Å²) in [6.45, 7) is 5.97. The van der Waals surface area contributed by atoms with Crippen molar-refractivity contribution >= 4 is 6.03 Å². The maximum absolute atomic E-state index is 12.2. The Balaban J connectivity index is 1.97. The summed E-state index contributed by atoms with van der Waals surface area (Å²) in [5.74, 6) is 0.596. The van der Waals surface area contributed by atoms with E-state index in [4.69, 9.17) is 5.11 Å². The van der Waals surface area contributed by atoms with Crippen LogP contribution in [0.25, 0.3) is 0 Å². The van der Waals surface area contributed by atoms with Gasteiger partial charge in [-0.05, 0) is 44.1 Å². The van der Waals surface area contributed by atoms with Crippen molar-refractivity contribution in [3.8, 4) is 0 Å². The van der Waals surface area contributed by atoms with Crippen LogP contribution in [-0.4, -0.2) is 23.8 Å². The molecule has 1 aromatic carbocycles. The number of hydrogen-bond acceptors (Lipinski definition) is 2. The van der Waals surface area contributed by atoms with Gasteiger partial charge in [0.05, 0.1) is 6.04 Å². The smallest absolute Gasteiger partial charge is 0.315 e. The Morgan fingerprint density at radius 2 is 1.86 bits per heavy atom. The van der Waals surface area contributed by atoms with Gasteiger partial charge in [-0.25, -0.2) is 4.79 Å². The predicted molar refractivity (Wildman–Crippen MR) is 84.0 cm³/mol. The van der Waals surface area contributed by atoms with Gasteiger partial charge in [-0.3, -0.25) is 0 Å². The summed E-state index contributed by atoms with van der Waals surface area (Å²) >= 11 is 0. The third-order valence-electron chi connectivity index (χ3n) is 4.32. The van der Waals surface area contributed by atoms with E-state index in [0.717, 1.165) is 0 Å². The third-order valence-corrected chi connectivity index (χ3v) is 4.32. The molecule has 1 aromatic rings. The second-order valence-electron chi connectivity index (χ2n) is 6.29. The van der Waals surface area contributed by atoms with Crippen LogP contribution in [0.4, 0.5) is 4.79 Å². The molecule has 1 aliphatic rings. The Hall–Kier alpha value is -1.55. The van der Waals surface area contributed by atoms with E-state index in [2.05, 4.69) is 41.8 Å². The molecule has 0 aromatic heterocycles. The number of benzene rings is 1. The molecule has 0 saturated heterocycles. The Kier molecular flexibility index (Phi) is 5.23. The summed E-state index contributed by atoms with van der Waals surface area (Å²) in [6.07, 6.45) is 2.34. The van der Waals surface area contributed by atoms with Gasteiger partial charge in [-0.1, -0.05) is 36.8 Å². The van der Waals surface area contributed by atoms with Gasteiger partial charge in [0.1, 0.15) is 0 Å². The highest BCUT2D eigenvalue weighted by Gasteiger charge is 2.33. The number of carbonyl (C=O) groups excluding carboxylic acids is 1. The molecular weight excluding hydrogens is 264 g/mol. The standard InChI is InChI=1S/C17H26N2O2/c1-11-4-6-14(7-5-11)16(15-8-9-15)19-17(21)18-13(3)12(2)10-20/h4-7,12-13,15-16,20H,8-10H2,1-3H3,(H2,18,19,21). The molecule has 1 fully saturated rings. The quantitative estimate of drug-likeness (QED) is 0.754. The lowest BCUT2D eigenvalue weighted by Crippen LogP contribution is -2.45. The monoisotopic (exact) mass is 290 g/mol. The molecule has 0 spiro atoms. The van der Waals surface area contributed by atoms with Crippen molar-refractivity contribution in [2.24, 2.45) is 11.8 Å². The average molecular weight is 290 g/mol. The molecule has 3 atom stereocenters. The van der Waals surface area contributed by atoms with Crippen LogP contribution in [0.1, 0.15) is 43.9 Å². The van der Waals surface area contributed by atoms with E-state index >= 15 is 0 Å². The van der Waals surface area contributed by atoms with Crippen molar-refractivity contribution in [3.63, 3.8) is 0 Å². The summed E-state index contributed by atoms with van der Waals surface area (Å²) in [5, 5.41) is 15.1. The largest absolute Gasteiger partial charge is 0.396 e. The molecule has 0 bridgehead atoms. The van der Waals surface area contributed by atoms with Gasteiger partial charge < -0.3 is 15.7 Å². The summed E-state index contributed by atoms with van der Waals surface area (Å²) in [4.78, 5) is 12.2. The summed E-state index contributed by atoms with van der Waals surface area (Å²) in [6, 6.07) is 8.24. The van der Waals surface area contributed by atoms with Crippen molar-refractivity contribution in [1.82, 2.24) is 10.6 Å². The highest BCUT2D eigenvalue weighted by molar-refractivity contribution is 5.74. The van der Waals surface area contributed by atoms with Gasteiger partial charge in [0.25, 0.3) is 0 Å². The molecule has 4 nitrogen and oxygen atoms in total. The first-order chi connectivity index (χ1) is 10.0. The van der Waals surface area contributed by atoms with Crippen molar-refractivity contribution in [3.05, 3.63) is 35.4 Å². The fourth-order valence-electron chi connectivity index (χ4n) is 2.37. The molecule has 21 heavy (non-hydrogen) atoms. The van der Waals surface area contributed by atoms with Crippen molar-refractivity contribution < 1.29 is 9.90 Å². The van der Waals surface area contributed by atoms with E-state index in [9.17, 15) is 4.79 Å². The zero-order valence-electron chi connectivity index (χ0n) is 13.1. The summed E-state index contributed by atoms with van der Waals surface area (Å²) in [7, 11) is 0. The SMILES string of the molecule is Cc1ccc(C(NC(=O)NC(C)C(C)CO)C2CC2)cc1. The summed E-state index contributed by atoms with van der Waals surface area (Å²) in [5.41, 5.74) is 2.39. The zero-order valence-corrected chi connectivity index (χ0v) is 13.1. The number of aliphatic hydroxyl groups is 1. The number of carbonyl (C=O) groups is 1. The van der Waals surface area contributed by atoms with Crippen LogP contribution in [0.15, 0.2) is 24.3 Å². The van der Waals surface area contributed by atoms with Crippen LogP contribution >= 0.6 is 0 Å². The first-order valence-electron chi connectivity index (χ1n) is 7.75. The van der Waals surface area contributed by atoms with Crippen LogP contribution in [0.5, 0.6) is 0 Å². The lowest BCUT2D eigenvalue weighted by atomic mass is 10.0. The minimum Gasteiger partial charge on any atom is -0.396 e. The first kappa shape index (κ1) is 15.8. The zero-order chi connectivity index (χ0) is 15.4. The average Bonchev–Trinajstić information content (AvgIpc) is 3.29.